The van der Waals surface area contributed by atoms with Gasteiger partial charge in [0.1, 0.15) is 5.01 Å². The van der Waals surface area contributed by atoms with E-state index in [1.54, 1.807) is 22.7 Å². The molecule has 7 heteroatoms. The van der Waals surface area contributed by atoms with Crippen molar-refractivity contribution in [2.75, 3.05) is 0 Å². The van der Waals surface area contributed by atoms with Gasteiger partial charge in [-0.25, -0.2) is 0 Å². The van der Waals surface area contributed by atoms with Crippen LogP contribution in [0.25, 0.3) is 16.3 Å². The van der Waals surface area contributed by atoms with Gasteiger partial charge in [0, 0.05) is 15.6 Å². The molecule has 2 aromatic heterocycles. The Labute approximate surface area is 111 Å². The maximum atomic E-state index is 5.96. The van der Waals surface area contributed by atoms with Crippen LogP contribution in [0, 0.1) is 6.92 Å². The van der Waals surface area contributed by atoms with Crippen LogP contribution in [0.4, 0.5) is 0 Å². The molecule has 1 aromatic carbocycles. The second kappa shape index (κ2) is 3.94. The van der Waals surface area contributed by atoms with Gasteiger partial charge in [-0.15, -0.1) is 10.2 Å². The summed E-state index contributed by atoms with van der Waals surface area (Å²) >= 11 is 13.4. The first-order valence-electron chi connectivity index (χ1n) is 4.79. The van der Waals surface area contributed by atoms with E-state index in [1.165, 1.54) is 11.3 Å². The standard InChI is InChI=1S/C10H6Cl2N4S/c1-5-15-16-9(13-14-10(16)17-5)6-2-7(11)4-8(12)3-6/h2-4H,1H3. The van der Waals surface area contributed by atoms with Crippen molar-refractivity contribution >= 4 is 39.5 Å². The SMILES string of the molecule is Cc1nn2c(-c3cc(Cl)cc(Cl)c3)nnc2s1. The summed E-state index contributed by atoms with van der Waals surface area (Å²) in [5, 5.41) is 14.5. The van der Waals surface area contributed by atoms with Gasteiger partial charge in [-0.05, 0) is 25.1 Å². The molecule has 0 saturated heterocycles. The van der Waals surface area contributed by atoms with Gasteiger partial charge in [-0.1, -0.05) is 34.5 Å². The van der Waals surface area contributed by atoms with Gasteiger partial charge in [-0.2, -0.15) is 9.61 Å². The number of rotatable bonds is 1. The second-order valence-corrected chi connectivity index (χ2v) is 5.53. The summed E-state index contributed by atoms with van der Waals surface area (Å²) in [4.78, 5) is 0.758. The first-order chi connectivity index (χ1) is 8.13. The first-order valence-corrected chi connectivity index (χ1v) is 6.36. The number of aryl methyl sites for hydroxylation is 1. The quantitative estimate of drug-likeness (QED) is 0.687. The molecule has 17 heavy (non-hydrogen) atoms. The number of halogens is 2. The average molecular weight is 285 g/mol. The normalized spacial score (nSPS) is 11.2. The maximum absolute atomic E-state index is 5.96. The van der Waals surface area contributed by atoms with Crippen LogP contribution < -0.4 is 0 Å². The Kier molecular flexibility index (Phi) is 2.54. The molecule has 0 aliphatic heterocycles. The lowest BCUT2D eigenvalue weighted by atomic mass is 10.2. The van der Waals surface area contributed by atoms with Gasteiger partial charge in [0.05, 0.1) is 0 Å². The molecule has 0 bridgehead atoms. The summed E-state index contributed by atoms with van der Waals surface area (Å²) in [5.74, 6) is 0.647. The lowest BCUT2D eigenvalue weighted by Crippen LogP contribution is -1.90. The van der Waals surface area contributed by atoms with Crippen molar-refractivity contribution in [1.29, 1.82) is 0 Å². The van der Waals surface area contributed by atoms with Crippen LogP contribution in [0.5, 0.6) is 0 Å². The fourth-order valence-corrected chi connectivity index (χ4v) is 2.78. The molecule has 0 unspecified atom stereocenters. The molecule has 0 spiro atoms. The predicted molar refractivity (Wildman–Crippen MR) is 68.9 cm³/mol. The highest BCUT2D eigenvalue weighted by Crippen LogP contribution is 2.27. The zero-order valence-electron chi connectivity index (χ0n) is 8.69. The van der Waals surface area contributed by atoms with Gasteiger partial charge in [0.2, 0.25) is 4.96 Å². The van der Waals surface area contributed by atoms with Crippen LogP contribution >= 0.6 is 34.5 Å². The number of hydrogen-bond acceptors (Lipinski definition) is 4. The van der Waals surface area contributed by atoms with Crippen LogP contribution in [0.3, 0.4) is 0 Å². The van der Waals surface area contributed by atoms with Crippen molar-refractivity contribution in [2.24, 2.45) is 0 Å². The van der Waals surface area contributed by atoms with E-state index in [0.717, 1.165) is 15.5 Å². The van der Waals surface area contributed by atoms with E-state index in [0.29, 0.717) is 15.9 Å². The molecule has 0 aliphatic carbocycles. The van der Waals surface area contributed by atoms with E-state index >= 15 is 0 Å². The van der Waals surface area contributed by atoms with Crippen LogP contribution in [0.1, 0.15) is 5.01 Å². The number of nitrogens with zero attached hydrogens (tertiary/aromatic N) is 4. The van der Waals surface area contributed by atoms with Crippen molar-refractivity contribution in [3.05, 3.63) is 33.3 Å². The summed E-state index contributed by atoms with van der Waals surface area (Å²) in [5.41, 5.74) is 0.806. The Morgan fingerprint density at radius 1 is 1.12 bits per heavy atom. The fourth-order valence-electron chi connectivity index (χ4n) is 1.58. The molecule has 0 atom stereocenters. The molecule has 0 fully saturated rings. The van der Waals surface area contributed by atoms with E-state index in [4.69, 9.17) is 23.2 Å². The van der Waals surface area contributed by atoms with E-state index in [2.05, 4.69) is 15.3 Å². The third-order valence-corrected chi connectivity index (χ3v) is 3.46. The predicted octanol–water partition coefficient (Wildman–Crippen LogP) is 3.47. The minimum atomic E-state index is 0.566. The van der Waals surface area contributed by atoms with Crippen molar-refractivity contribution in [1.82, 2.24) is 19.8 Å². The molecule has 0 radical (unpaired) electrons. The number of hydrogen-bond donors (Lipinski definition) is 0. The molecule has 3 rings (SSSR count). The van der Waals surface area contributed by atoms with Crippen LogP contribution in [-0.2, 0) is 0 Å². The molecule has 2 heterocycles. The molecule has 86 valence electrons. The van der Waals surface area contributed by atoms with E-state index in [1.807, 2.05) is 6.92 Å². The number of fused-ring (bicyclic) bond motifs is 1. The third-order valence-electron chi connectivity index (χ3n) is 2.21. The van der Waals surface area contributed by atoms with E-state index in [9.17, 15) is 0 Å². The Balaban J connectivity index is 2.26. The van der Waals surface area contributed by atoms with Crippen LogP contribution in [0.2, 0.25) is 10.0 Å². The molecular weight excluding hydrogens is 279 g/mol. The Hall–Kier alpha value is -1.17. The highest BCUT2D eigenvalue weighted by Gasteiger charge is 2.12. The van der Waals surface area contributed by atoms with Crippen LogP contribution in [0.15, 0.2) is 18.2 Å². The Morgan fingerprint density at radius 2 is 1.82 bits per heavy atom. The zero-order chi connectivity index (χ0) is 12.0. The third kappa shape index (κ3) is 1.90. The minimum absolute atomic E-state index is 0.566. The second-order valence-electron chi connectivity index (χ2n) is 3.50. The monoisotopic (exact) mass is 284 g/mol. The summed E-state index contributed by atoms with van der Waals surface area (Å²) in [6.45, 7) is 1.92. The van der Waals surface area contributed by atoms with Gasteiger partial charge >= 0.3 is 0 Å². The zero-order valence-corrected chi connectivity index (χ0v) is 11.0. The summed E-state index contributed by atoms with van der Waals surface area (Å²) in [7, 11) is 0. The summed E-state index contributed by atoms with van der Waals surface area (Å²) in [6.07, 6.45) is 0. The average Bonchev–Trinajstić information content (AvgIpc) is 2.74. The van der Waals surface area contributed by atoms with Gasteiger partial charge < -0.3 is 0 Å². The molecule has 3 aromatic rings. The topological polar surface area (TPSA) is 43.1 Å². The van der Waals surface area contributed by atoms with Crippen molar-refractivity contribution in [2.45, 2.75) is 6.92 Å². The van der Waals surface area contributed by atoms with Crippen molar-refractivity contribution in [3.8, 4) is 11.4 Å². The molecule has 4 nitrogen and oxygen atoms in total. The summed E-state index contributed by atoms with van der Waals surface area (Å²) < 4.78 is 1.70. The van der Waals surface area contributed by atoms with Crippen molar-refractivity contribution < 1.29 is 0 Å². The van der Waals surface area contributed by atoms with Gasteiger partial charge in [-0.3, -0.25) is 0 Å². The van der Waals surface area contributed by atoms with E-state index in [-0.39, 0.29) is 0 Å². The smallest absolute Gasteiger partial charge is 0.183 e. The molecule has 0 amide bonds. The van der Waals surface area contributed by atoms with Crippen LogP contribution in [-0.4, -0.2) is 19.8 Å². The van der Waals surface area contributed by atoms with Gasteiger partial charge in [0.25, 0.3) is 0 Å². The molecule has 0 N–H and O–H groups in total. The maximum Gasteiger partial charge on any atom is 0.234 e. The fraction of sp³-hybridized carbons (Fsp3) is 0.100. The molecule has 0 aliphatic rings. The molecule has 0 saturated carbocycles. The largest absolute Gasteiger partial charge is 0.234 e. The lowest BCUT2D eigenvalue weighted by molar-refractivity contribution is 0.941. The first kappa shape index (κ1) is 11.0. The summed E-state index contributed by atoms with van der Waals surface area (Å²) in [6, 6.07) is 5.26. The lowest BCUT2D eigenvalue weighted by Gasteiger charge is -1.99. The Bertz CT molecular complexity index is 683. The highest BCUT2D eigenvalue weighted by atomic mass is 35.5. The molecular formula is C10H6Cl2N4S. The minimum Gasteiger partial charge on any atom is -0.183 e. The van der Waals surface area contributed by atoms with E-state index < -0.39 is 0 Å². The van der Waals surface area contributed by atoms with Gasteiger partial charge in [0.15, 0.2) is 5.82 Å². The number of aromatic nitrogens is 4. The number of benzene rings is 1. The van der Waals surface area contributed by atoms with Crippen molar-refractivity contribution in [3.63, 3.8) is 0 Å². The highest BCUT2D eigenvalue weighted by molar-refractivity contribution is 7.16. The Morgan fingerprint density at radius 3 is 2.53 bits per heavy atom.